The van der Waals surface area contributed by atoms with Crippen LogP contribution in [0.1, 0.15) is 16.7 Å². The molecule has 86 valence electrons. The van der Waals surface area contributed by atoms with Gasteiger partial charge in [-0.15, -0.1) is 12.6 Å². The van der Waals surface area contributed by atoms with Crippen LogP contribution in [0.15, 0.2) is 53.9 Å². The Balaban J connectivity index is 2.40. The van der Waals surface area contributed by atoms with Crippen LogP contribution in [0.5, 0.6) is 0 Å². The number of nitrogens with two attached hydrogens (primary N) is 1. The lowest BCUT2D eigenvalue weighted by atomic mass is 9.98. The second kappa shape index (κ2) is 4.68. The fraction of sp³-hybridized carbons (Fsp3) is 0.0667. The van der Waals surface area contributed by atoms with Crippen molar-refractivity contribution in [3.63, 3.8) is 0 Å². The number of nitrogen functional groups attached to an aromatic ring is 1. The minimum atomic E-state index is 0.709. The number of hydrogen-bond acceptors (Lipinski definition) is 2. The summed E-state index contributed by atoms with van der Waals surface area (Å²) in [6.07, 6.45) is 0. The summed E-state index contributed by atoms with van der Waals surface area (Å²) in [6, 6.07) is 14.0. The van der Waals surface area contributed by atoms with E-state index in [2.05, 4.69) is 50.4 Å². The summed E-state index contributed by atoms with van der Waals surface area (Å²) < 4.78 is 0. The van der Waals surface area contributed by atoms with Gasteiger partial charge >= 0.3 is 0 Å². The predicted molar refractivity (Wildman–Crippen MR) is 77.4 cm³/mol. The van der Waals surface area contributed by atoms with Crippen molar-refractivity contribution in [2.75, 3.05) is 5.73 Å². The van der Waals surface area contributed by atoms with Crippen molar-refractivity contribution in [2.24, 2.45) is 0 Å². The zero-order valence-corrected chi connectivity index (χ0v) is 10.7. The monoisotopic (exact) mass is 241 g/mol. The van der Waals surface area contributed by atoms with Gasteiger partial charge in [-0.3, -0.25) is 0 Å². The van der Waals surface area contributed by atoms with Gasteiger partial charge in [0.15, 0.2) is 0 Å². The summed E-state index contributed by atoms with van der Waals surface area (Å²) in [5, 5.41) is 0. The maximum Gasteiger partial charge on any atom is 0.0331 e. The molecule has 2 aromatic carbocycles. The number of anilines is 1. The first-order chi connectivity index (χ1) is 8.06. The summed E-state index contributed by atoms with van der Waals surface area (Å²) in [5.74, 6) is 0. The molecule has 0 radical (unpaired) electrons. The molecule has 0 aliphatic heterocycles. The molecule has 0 aliphatic rings. The lowest BCUT2D eigenvalue weighted by Crippen LogP contribution is -1.91. The van der Waals surface area contributed by atoms with E-state index >= 15 is 0 Å². The van der Waals surface area contributed by atoms with Gasteiger partial charge in [0.1, 0.15) is 0 Å². The van der Waals surface area contributed by atoms with Crippen LogP contribution >= 0.6 is 12.6 Å². The van der Waals surface area contributed by atoms with Crippen LogP contribution < -0.4 is 5.73 Å². The van der Waals surface area contributed by atoms with E-state index in [4.69, 9.17) is 5.73 Å². The molecule has 1 nitrogen and oxygen atoms in total. The number of hydrogen-bond donors (Lipinski definition) is 2. The zero-order valence-electron chi connectivity index (χ0n) is 9.77. The molecule has 2 aromatic rings. The Morgan fingerprint density at radius 3 is 2.29 bits per heavy atom. The maximum absolute atomic E-state index is 5.81. The average Bonchev–Trinajstić information content (AvgIpc) is 2.28. The summed E-state index contributed by atoms with van der Waals surface area (Å²) in [7, 11) is 0. The van der Waals surface area contributed by atoms with Crippen molar-refractivity contribution in [3.8, 4) is 0 Å². The minimum absolute atomic E-state index is 0.709. The molecule has 0 amide bonds. The Bertz CT molecular complexity index is 535. The van der Waals surface area contributed by atoms with E-state index in [0.29, 0.717) is 5.69 Å². The molecule has 0 saturated heterocycles. The predicted octanol–water partition coefficient (Wildman–Crippen LogP) is 3.93. The first-order valence-electron chi connectivity index (χ1n) is 5.42. The molecule has 2 rings (SSSR count). The van der Waals surface area contributed by atoms with E-state index in [9.17, 15) is 0 Å². The second-order valence-electron chi connectivity index (χ2n) is 4.16. The van der Waals surface area contributed by atoms with Crippen LogP contribution in [0.25, 0.3) is 5.57 Å². The van der Waals surface area contributed by atoms with Gasteiger partial charge in [-0.25, -0.2) is 0 Å². The molecular formula is C15H15NS. The van der Waals surface area contributed by atoms with Crippen molar-refractivity contribution < 1.29 is 0 Å². The first kappa shape index (κ1) is 11.8. The van der Waals surface area contributed by atoms with Gasteiger partial charge in [-0.05, 0) is 41.8 Å². The van der Waals surface area contributed by atoms with Gasteiger partial charge in [0.25, 0.3) is 0 Å². The quantitative estimate of drug-likeness (QED) is 0.604. The molecule has 0 atom stereocenters. The largest absolute Gasteiger partial charge is 0.399 e. The Morgan fingerprint density at radius 1 is 1.06 bits per heavy atom. The van der Waals surface area contributed by atoms with Crippen LogP contribution in [0.3, 0.4) is 0 Å². The molecule has 0 bridgehead atoms. The van der Waals surface area contributed by atoms with Crippen molar-refractivity contribution in [1.29, 1.82) is 0 Å². The highest BCUT2D eigenvalue weighted by Crippen LogP contribution is 2.26. The van der Waals surface area contributed by atoms with E-state index in [-0.39, 0.29) is 0 Å². The Kier molecular flexibility index (Phi) is 3.25. The summed E-state index contributed by atoms with van der Waals surface area (Å²) >= 11 is 4.33. The molecular weight excluding hydrogens is 226 g/mol. The van der Waals surface area contributed by atoms with Crippen LogP contribution in [0.4, 0.5) is 5.69 Å². The summed E-state index contributed by atoms with van der Waals surface area (Å²) in [4.78, 5) is 0.855. The van der Waals surface area contributed by atoms with Crippen LogP contribution in [-0.2, 0) is 0 Å². The normalized spacial score (nSPS) is 10.2. The topological polar surface area (TPSA) is 26.0 Å². The fourth-order valence-electron chi connectivity index (χ4n) is 1.73. The molecule has 0 fully saturated rings. The van der Waals surface area contributed by atoms with Crippen molar-refractivity contribution in [1.82, 2.24) is 0 Å². The van der Waals surface area contributed by atoms with E-state index in [1.807, 2.05) is 18.2 Å². The minimum Gasteiger partial charge on any atom is -0.399 e. The molecule has 17 heavy (non-hydrogen) atoms. The summed E-state index contributed by atoms with van der Waals surface area (Å²) in [5.41, 5.74) is 10.8. The highest BCUT2D eigenvalue weighted by molar-refractivity contribution is 7.80. The first-order valence-corrected chi connectivity index (χ1v) is 5.87. The number of rotatable bonds is 2. The van der Waals surface area contributed by atoms with Crippen molar-refractivity contribution >= 4 is 23.9 Å². The van der Waals surface area contributed by atoms with Crippen LogP contribution in [-0.4, -0.2) is 0 Å². The molecule has 0 spiro atoms. The van der Waals surface area contributed by atoms with Gasteiger partial charge in [-0.1, -0.05) is 36.4 Å². The van der Waals surface area contributed by atoms with E-state index in [1.165, 1.54) is 5.56 Å². The molecule has 0 unspecified atom stereocenters. The highest BCUT2D eigenvalue weighted by atomic mass is 32.1. The smallest absolute Gasteiger partial charge is 0.0331 e. The molecule has 0 aliphatic carbocycles. The lowest BCUT2D eigenvalue weighted by Gasteiger charge is -2.08. The fourth-order valence-corrected chi connectivity index (χ4v) is 2.02. The van der Waals surface area contributed by atoms with E-state index in [0.717, 1.165) is 21.6 Å². The SMILES string of the molecule is C=C(c1ccc(C)cc1)c1cc(N)cc(S)c1. The second-order valence-corrected chi connectivity index (χ2v) is 4.67. The number of benzene rings is 2. The van der Waals surface area contributed by atoms with Crippen molar-refractivity contribution in [3.05, 3.63) is 65.7 Å². The van der Waals surface area contributed by atoms with Crippen LogP contribution in [0.2, 0.25) is 0 Å². The summed E-state index contributed by atoms with van der Waals surface area (Å²) in [6.45, 7) is 6.19. The van der Waals surface area contributed by atoms with Gasteiger partial charge < -0.3 is 5.73 Å². The number of thiol groups is 1. The average molecular weight is 241 g/mol. The van der Waals surface area contributed by atoms with Crippen molar-refractivity contribution in [2.45, 2.75) is 11.8 Å². The lowest BCUT2D eigenvalue weighted by molar-refractivity contribution is 1.42. The molecule has 0 aromatic heterocycles. The van der Waals surface area contributed by atoms with Crippen LogP contribution in [0, 0.1) is 6.92 Å². The van der Waals surface area contributed by atoms with E-state index < -0.39 is 0 Å². The molecule has 2 N–H and O–H groups in total. The zero-order chi connectivity index (χ0) is 12.4. The Labute approximate surface area is 107 Å². The van der Waals surface area contributed by atoms with Gasteiger partial charge in [0, 0.05) is 10.6 Å². The maximum atomic E-state index is 5.81. The molecule has 0 saturated carbocycles. The van der Waals surface area contributed by atoms with Gasteiger partial charge in [0.2, 0.25) is 0 Å². The van der Waals surface area contributed by atoms with Gasteiger partial charge in [0.05, 0.1) is 0 Å². The third kappa shape index (κ3) is 2.71. The third-order valence-corrected chi connectivity index (χ3v) is 2.95. The Hall–Kier alpha value is -1.67. The molecule has 2 heteroatoms. The van der Waals surface area contributed by atoms with Gasteiger partial charge in [-0.2, -0.15) is 0 Å². The van der Waals surface area contributed by atoms with E-state index in [1.54, 1.807) is 0 Å². The Morgan fingerprint density at radius 2 is 1.71 bits per heavy atom. The highest BCUT2D eigenvalue weighted by Gasteiger charge is 2.04. The number of aryl methyl sites for hydroxylation is 1. The standard InChI is InChI=1S/C15H15NS/c1-10-3-5-12(6-4-10)11(2)13-7-14(16)9-15(17)8-13/h3-9,17H,2,16H2,1H3. The third-order valence-electron chi connectivity index (χ3n) is 2.69. The molecule has 0 heterocycles.